The molecule has 1 N–H and O–H groups in total. The second kappa shape index (κ2) is 7.59. The highest BCUT2D eigenvalue weighted by molar-refractivity contribution is 7.92. The molecule has 0 radical (unpaired) electrons. The van der Waals surface area contributed by atoms with E-state index in [2.05, 4.69) is 15.5 Å². The summed E-state index contributed by atoms with van der Waals surface area (Å²) in [5.41, 5.74) is 3.72. The highest BCUT2D eigenvalue weighted by Crippen LogP contribution is 2.27. The first-order valence-electron chi connectivity index (χ1n) is 9.34. The van der Waals surface area contributed by atoms with E-state index in [0.29, 0.717) is 22.3 Å². The van der Waals surface area contributed by atoms with E-state index in [1.165, 1.54) is 0 Å². The van der Waals surface area contributed by atoms with Crippen molar-refractivity contribution < 1.29 is 17.7 Å². The van der Waals surface area contributed by atoms with Crippen LogP contribution in [-0.2, 0) is 9.84 Å². The fourth-order valence-electron chi connectivity index (χ4n) is 2.85. The van der Waals surface area contributed by atoms with Crippen molar-refractivity contribution in [3.8, 4) is 11.3 Å². The van der Waals surface area contributed by atoms with Crippen molar-refractivity contribution in [1.29, 1.82) is 0 Å². The van der Waals surface area contributed by atoms with Gasteiger partial charge < -0.3 is 9.84 Å². The number of nitrogens with zero attached hydrogens (tertiary/aromatic N) is 2. The van der Waals surface area contributed by atoms with Gasteiger partial charge in [-0.3, -0.25) is 4.79 Å². The lowest BCUT2D eigenvalue weighted by Crippen LogP contribution is -2.36. The summed E-state index contributed by atoms with van der Waals surface area (Å²) in [6.45, 7) is 8.68. The zero-order valence-corrected chi connectivity index (χ0v) is 18.1. The van der Waals surface area contributed by atoms with Crippen LogP contribution in [0.5, 0.6) is 0 Å². The zero-order chi connectivity index (χ0) is 21.4. The molecule has 0 aliphatic rings. The van der Waals surface area contributed by atoms with E-state index in [1.807, 2.05) is 31.2 Å². The molecule has 7 nitrogen and oxygen atoms in total. The average Bonchev–Trinajstić information content (AvgIpc) is 3.01. The van der Waals surface area contributed by atoms with Gasteiger partial charge in [0.05, 0.1) is 32.8 Å². The molecule has 0 fully saturated rings. The van der Waals surface area contributed by atoms with E-state index in [1.54, 1.807) is 33.8 Å². The first kappa shape index (κ1) is 21.0. The van der Waals surface area contributed by atoms with Gasteiger partial charge in [0, 0.05) is 12.1 Å². The fourth-order valence-corrected chi connectivity index (χ4v) is 3.83. The molecule has 1 amide bonds. The summed E-state index contributed by atoms with van der Waals surface area (Å²) < 4.78 is 29.0. The molecule has 154 valence electrons. The standard InChI is InChI=1S/C21H25N3O4S/c1-13-6-8-15(9-7-13)17-12-16(18-14(2)24-28-20(18)23-17)19(25)22-10-11-29(26,27)21(3,4)5/h6-9,12H,10-11H2,1-5H3,(H,22,25). The lowest BCUT2D eigenvalue weighted by molar-refractivity contribution is 0.0957. The molecule has 29 heavy (non-hydrogen) atoms. The molecule has 0 saturated heterocycles. The number of hydrogen-bond acceptors (Lipinski definition) is 6. The van der Waals surface area contributed by atoms with Crippen LogP contribution >= 0.6 is 0 Å². The number of sulfone groups is 1. The molecule has 3 rings (SSSR count). The second-order valence-electron chi connectivity index (χ2n) is 8.06. The Morgan fingerprint density at radius 3 is 2.41 bits per heavy atom. The van der Waals surface area contributed by atoms with Gasteiger partial charge in [-0.05, 0) is 40.7 Å². The minimum Gasteiger partial charge on any atom is -0.351 e. The van der Waals surface area contributed by atoms with Gasteiger partial charge in [-0.1, -0.05) is 35.0 Å². The van der Waals surface area contributed by atoms with Crippen molar-refractivity contribution in [3.63, 3.8) is 0 Å². The predicted octanol–water partition coefficient (Wildman–Crippen LogP) is 3.45. The Hall–Kier alpha value is -2.74. The number of nitrogens with one attached hydrogen (secondary N) is 1. The molecular weight excluding hydrogens is 390 g/mol. The number of benzene rings is 1. The van der Waals surface area contributed by atoms with E-state index >= 15 is 0 Å². The highest BCUT2D eigenvalue weighted by atomic mass is 32.2. The van der Waals surface area contributed by atoms with Crippen LogP contribution in [0.2, 0.25) is 0 Å². The van der Waals surface area contributed by atoms with Gasteiger partial charge >= 0.3 is 0 Å². The van der Waals surface area contributed by atoms with Gasteiger partial charge in [0.15, 0.2) is 9.84 Å². The number of amides is 1. The maximum Gasteiger partial charge on any atom is 0.259 e. The molecule has 0 atom stereocenters. The van der Waals surface area contributed by atoms with Gasteiger partial charge in [0.25, 0.3) is 11.6 Å². The third-order valence-electron chi connectivity index (χ3n) is 4.80. The van der Waals surface area contributed by atoms with E-state index in [0.717, 1.165) is 11.1 Å². The molecule has 1 aromatic carbocycles. The van der Waals surface area contributed by atoms with E-state index in [-0.39, 0.29) is 23.9 Å². The maximum absolute atomic E-state index is 12.9. The zero-order valence-electron chi connectivity index (χ0n) is 17.2. The summed E-state index contributed by atoms with van der Waals surface area (Å²) in [6, 6.07) is 9.45. The van der Waals surface area contributed by atoms with E-state index < -0.39 is 14.6 Å². The van der Waals surface area contributed by atoms with Crippen LogP contribution in [0, 0.1) is 13.8 Å². The van der Waals surface area contributed by atoms with E-state index in [4.69, 9.17) is 4.52 Å². The molecule has 0 bridgehead atoms. The summed E-state index contributed by atoms with van der Waals surface area (Å²) >= 11 is 0. The Kier molecular flexibility index (Phi) is 5.49. The van der Waals surface area contributed by atoms with Crippen molar-refractivity contribution in [2.75, 3.05) is 12.3 Å². The van der Waals surface area contributed by atoms with Gasteiger partial charge in [-0.2, -0.15) is 0 Å². The first-order chi connectivity index (χ1) is 13.5. The molecule has 0 unspecified atom stereocenters. The summed E-state index contributed by atoms with van der Waals surface area (Å²) in [5.74, 6) is -0.523. The predicted molar refractivity (Wildman–Crippen MR) is 113 cm³/mol. The lowest BCUT2D eigenvalue weighted by atomic mass is 10.0. The minimum absolute atomic E-state index is 0.0203. The second-order valence-corrected chi connectivity index (χ2v) is 10.9. The third-order valence-corrected chi connectivity index (χ3v) is 7.41. The highest BCUT2D eigenvalue weighted by Gasteiger charge is 2.28. The van der Waals surface area contributed by atoms with Gasteiger partial charge in [0.1, 0.15) is 0 Å². The van der Waals surface area contributed by atoms with Gasteiger partial charge in [-0.15, -0.1) is 0 Å². The molecule has 0 aliphatic heterocycles. The first-order valence-corrected chi connectivity index (χ1v) is 11.0. The summed E-state index contributed by atoms with van der Waals surface area (Å²) in [4.78, 5) is 17.4. The topological polar surface area (TPSA) is 102 Å². The Morgan fingerprint density at radius 2 is 1.79 bits per heavy atom. The Bertz CT molecular complexity index is 1160. The van der Waals surface area contributed by atoms with Crippen LogP contribution in [0.15, 0.2) is 34.9 Å². The Balaban J connectivity index is 1.92. The normalized spacial score (nSPS) is 12.3. The van der Waals surface area contributed by atoms with Crippen molar-refractivity contribution in [3.05, 3.63) is 47.2 Å². The number of fused-ring (bicyclic) bond motifs is 1. The van der Waals surface area contributed by atoms with Crippen molar-refractivity contribution in [2.45, 2.75) is 39.4 Å². The third kappa shape index (κ3) is 4.32. The average molecular weight is 416 g/mol. The number of rotatable bonds is 5. The summed E-state index contributed by atoms with van der Waals surface area (Å²) in [5, 5.41) is 7.16. The van der Waals surface area contributed by atoms with Crippen LogP contribution < -0.4 is 5.32 Å². The summed E-state index contributed by atoms with van der Waals surface area (Å²) in [6.07, 6.45) is 0. The number of aromatic nitrogens is 2. The van der Waals surface area contributed by atoms with Crippen LogP contribution in [0.25, 0.3) is 22.4 Å². The largest absolute Gasteiger partial charge is 0.351 e. The van der Waals surface area contributed by atoms with Crippen LogP contribution in [0.3, 0.4) is 0 Å². The fraction of sp³-hybridized carbons (Fsp3) is 0.381. The minimum atomic E-state index is -3.33. The van der Waals surface area contributed by atoms with Crippen molar-refractivity contribution in [1.82, 2.24) is 15.5 Å². The Labute approximate surface area is 170 Å². The number of aryl methyl sites for hydroxylation is 2. The number of pyridine rings is 1. The number of carbonyl (C=O) groups is 1. The SMILES string of the molecule is Cc1ccc(-c2cc(C(=O)NCCS(=O)(=O)C(C)(C)C)c3c(C)noc3n2)cc1. The Morgan fingerprint density at radius 1 is 1.14 bits per heavy atom. The summed E-state index contributed by atoms with van der Waals surface area (Å²) in [7, 11) is -3.33. The molecular formula is C21H25N3O4S. The van der Waals surface area contributed by atoms with Crippen LogP contribution in [0.4, 0.5) is 0 Å². The van der Waals surface area contributed by atoms with Crippen LogP contribution in [-0.4, -0.2) is 41.5 Å². The molecule has 0 saturated carbocycles. The smallest absolute Gasteiger partial charge is 0.259 e. The van der Waals surface area contributed by atoms with Crippen molar-refractivity contribution >= 4 is 26.8 Å². The van der Waals surface area contributed by atoms with Gasteiger partial charge in [0.2, 0.25) is 0 Å². The number of carbonyl (C=O) groups excluding carboxylic acids is 1. The molecule has 0 spiro atoms. The van der Waals surface area contributed by atoms with E-state index in [9.17, 15) is 13.2 Å². The monoisotopic (exact) mass is 415 g/mol. The maximum atomic E-state index is 12.9. The van der Waals surface area contributed by atoms with Crippen LogP contribution in [0.1, 0.15) is 42.4 Å². The molecule has 8 heteroatoms. The molecule has 2 aromatic heterocycles. The number of hydrogen-bond donors (Lipinski definition) is 1. The molecule has 3 aromatic rings. The van der Waals surface area contributed by atoms with Gasteiger partial charge in [-0.25, -0.2) is 13.4 Å². The molecule has 2 heterocycles. The lowest BCUT2D eigenvalue weighted by Gasteiger charge is -2.19. The molecule has 0 aliphatic carbocycles. The van der Waals surface area contributed by atoms with Crippen molar-refractivity contribution in [2.24, 2.45) is 0 Å². The quantitative estimate of drug-likeness (QED) is 0.685.